The fourth-order valence-electron chi connectivity index (χ4n) is 7.40. The number of nitrogens with zero attached hydrogens (tertiary/aromatic N) is 3. The monoisotopic (exact) mass is 614 g/mol. The zero-order chi connectivity index (χ0) is 29.5. The minimum absolute atomic E-state index is 0.124. The molecule has 5 rings (SSSR count). The first-order valence-electron chi connectivity index (χ1n) is 15.9. The molecule has 2 aromatic carbocycles. The van der Waals surface area contributed by atoms with Crippen LogP contribution in [0.1, 0.15) is 49.7 Å². The second-order valence-electron chi connectivity index (χ2n) is 12.8. The van der Waals surface area contributed by atoms with E-state index in [1.54, 1.807) is 6.07 Å². The number of hydrogen-bond donors (Lipinski definition) is 1. The van der Waals surface area contributed by atoms with Gasteiger partial charge in [-0.1, -0.05) is 29.3 Å². The second kappa shape index (κ2) is 15.4. The van der Waals surface area contributed by atoms with Crippen molar-refractivity contribution >= 4 is 29.2 Å². The van der Waals surface area contributed by atoms with Gasteiger partial charge in [0.25, 0.3) is 0 Å². The van der Waals surface area contributed by atoms with Gasteiger partial charge in [0, 0.05) is 23.1 Å². The van der Waals surface area contributed by atoms with E-state index in [1.165, 1.54) is 62.3 Å². The number of esters is 1. The Balaban J connectivity index is 1.21. The highest BCUT2D eigenvalue weighted by molar-refractivity contribution is 6.35. The van der Waals surface area contributed by atoms with E-state index >= 15 is 0 Å². The molecule has 0 aromatic heterocycles. The van der Waals surface area contributed by atoms with Gasteiger partial charge in [-0.05, 0) is 162 Å². The van der Waals surface area contributed by atoms with Crippen LogP contribution in [0.15, 0.2) is 36.4 Å². The maximum Gasteiger partial charge on any atom is 0.319 e. The van der Waals surface area contributed by atoms with Crippen molar-refractivity contribution in [2.75, 3.05) is 66.5 Å². The van der Waals surface area contributed by atoms with Gasteiger partial charge >= 0.3 is 5.97 Å². The molecular formula is C34H48Cl2N4O2. The average Bonchev–Trinajstić information content (AvgIpc) is 2.98. The molecule has 3 heterocycles. The molecular weight excluding hydrogens is 567 g/mol. The van der Waals surface area contributed by atoms with E-state index in [0.717, 1.165) is 82.2 Å². The molecule has 0 radical (unpaired) electrons. The van der Waals surface area contributed by atoms with Crippen molar-refractivity contribution in [3.63, 3.8) is 0 Å². The van der Waals surface area contributed by atoms with Gasteiger partial charge in [0.1, 0.15) is 0 Å². The van der Waals surface area contributed by atoms with Crippen LogP contribution in [0.25, 0.3) is 11.1 Å². The van der Waals surface area contributed by atoms with Crippen molar-refractivity contribution in [3.05, 3.63) is 57.6 Å². The first-order chi connectivity index (χ1) is 20.4. The molecule has 2 aromatic rings. The Labute approximate surface area is 262 Å². The van der Waals surface area contributed by atoms with Crippen LogP contribution >= 0.6 is 23.2 Å². The van der Waals surface area contributed by atoms with Crippen LogP contribution in [-0.2, 0) is 22.6 Å². The third-order valence-corrected chi connectivity index (χ3v) is 10.2. The quantitative estimate of drug-likeness (QED) is 0.322. The molecule has 0 atom stereocenters. The molecule has 3 aliphatic heterocycles. The number of hydrogen-bond acceptors (Lipinski definition) is 6. The summed E-state index contributed by atoms with van der Waals surface area (Å²) in [6.45, 7) is 10.1. The molecule has 0 aliphatic carbocycles. The predicted octanol–water partition coefficient (Wildman–Crippen LogP) is 6.19. The summed E-state index contributed by atoms with van der Waals surface area (Å²) in [5.74, 6) is 2.24. The van der Waals surface area contributed by atoms with Crippen LogP contribution in [0, 0.1) is 17.8 Å². The lowest BCUT2D eigenvalue weighted by molar-refractivity contribution is -0.142. The van der Waals surface area contributed by atoms with E-state index in [0.29, 0.717) is 16.6 Å². The van der Waals surface area contributed by atoms with Crippen molar-refractivity contribution in [3.8, 4) is 11.1 Å². The number of likely N-dealkylation sites (tertiary alicyclic amines) is 3. The molecule has 3 fully saturated rings. The Kier molecular flexibility index (Phi) is 11.6. The summed E-state index contributed by atoms with van der Waals surface area (Å²) in [6, 6.07) is 13.0. The van der Waals surface area contributed by atoms with E-state index in [9.17, 15) is 4.79 Å². The van der Waals surface area contributed by atoms with Crippen LogP contribution in [0.4, 0.5) is 0 Å². The third kappa shape index (κ3) is 8.93. The first-order valence-corrected chi connectivity index (χ1v) is 16.6. The van der Waals surface area contributed by atoms with Crippen LogP contribution in [0.5, 0.6) is 0 Å². The molecule has 0 amide bonds. The standard InChI is InChI=1S/C34H48Cl2N4O2/c1-37-21-25-3-9-38(10-4-25)22-26-15-27(17-30(16-26)31-18-32(35)20-33(36)19-31)23-39-11-5-28(6-12-39)29-7-13-40(14-8-29)24-34(41)42-2/h15-20,25,28-29,37H,3-14,21-24H2,1-2H3. The molecule has 42 heavy (non-hydrogen) atoms. The number of piperidine rings is 3. The van der Waals surface area contributed by atoms with Gasteiger partial charge in [0.2, 0.25) is 0 Å². The average molecular weight is 616 g/mol. The Hall–Kier alpha value is -1.67. The number of benzene rings is 2. The lowest BCUT2D eigenvalue weighted by Crippen LogP contribution is -2.42. The number of halogens is 2. The van der Waals surface area contributed by atoms with Gasteiger partial charge in [-0.2, -0.15) is 0 Å². The molecule has 230 valence electrons. The van der Waals surface area contributed by atoms with Crippen LogP contribution < -0.4 is 5.32 Å². The molecule has 8 heteroatoms. The second-order valence-corrected chi connectivity index (χ2v) is 13.6. The van der Waals surface area contributed by atoms with E-state index in [2.05, 4.69) is 45.3 Å². The van der Waals surface area contributed by atoms with Crippen molar-refractivity contribution in [1.82, 2.24) is 20.0 Å². The maximum absolute atomic E-state index is 11.6. The molecule has 0 unspecified atom stereocenters. The van der Waals surface area contributed by atoms with Crippen molar-refractivity contribution in [2.24, 2.45) is 17.8 Å². The number of nitrogens with one attached hydrogen (secondary N) is 1. The van der Waals surface area contributed by atoms with Crippen molar-refractivity contribution < 1.29 is 9.53 Å². The third-order valence-electron chi connectivity index (χ3n) is 9.77. The molecule has 0 saturated carbocycles. The Morgan fingerprint density at radius 1 is 0.738 bits per heavy atom. The van der Waals surface area contributed by atoms with Gasteiger partial charge in [-0.3, -0.25) is 19.5 Å². The summed E-state index contributed by atoms with van der Waals surface area (Å²) in [7, 11) is 3.53. The van der Waals surface area contributed by atoms with E-state index < -0.39 is 0 Å². The summed E-state index contributed by atoms with van der Waals surface area (Å²) in [4.78, 5) is 19.2. The van der Waals surface area contributed by atoms with Gasteiger partial charge in [-0.25, -0.2) is 0 Å². The number of ether oxygens (including phenoxy) is 1. The first kappa shape index (κ1) is 31.7. The molecule has 0 spiro atoms. The van der Waals surface area contributed by atoms with Gasteiger partial charge in [-0.15, -0.1) is 0 Å². The molecule has 3 saturated heterocycles. The van der Waals surface area contributed by atoms with Crippen LogP contribution in [0.3, 0.4) is 0 Å². The fraction of sp³-hybridized carbons (Fsp3) is 0.618. The highest BCUT2D eigenvalue weighted by Gasteiger charge is 2.30. The Morgan fingerprint density at radius 2 is 1.21 bits per heavy atom. The SMILES string of the molecule is CNCC1CCN(Cc2cc(CN3CCC(C4CCN(CC(=O)OC)CC4)CC3)cc(-c3cc(Cl)cc(Cl)c3)c2)CC1. The van der Waals surface area contributed by atoms with Gasteiger partial charge in [0.05, 0.1) is 13.7 Å². The number of rotatable bonds is 10. The molecule has 1 N–H and O–H groups in total. The summed E-state index contributed by atoms with van der Waals surface area (Å²) < 4.78 is 4.85. The summed E-state index contributed by atoms with van der Waals surface area (Å²) in [5.41, 5.74) is 5.03. The summed E-state index contributed by atoms with van der Waals surface area (Å²) in [5, 5.41) is 4.70. The number of carbonyl (C=O) groups excluding carboxylic acids is 1. The highest BCUT2D eigenvalue weighted by Crippen LogP contribution is 2.34. The van der Waals surface area contributed by atoms with E-state index in [4.69, 9.17) is 27.9 Å². The highest BCUT2D eigenvalue weighted by atomic mass is 35.5. The minimum atomic E-state index is -0.124. The predicted molar refractivity (Wildman–Crippen MR) is 173 cm³/mol. The Morgan fingerprint density at radius 3 is 1.71 bits per heavy atom. The maximum atomic E-state index is 11.6. The summed E-state index contributed by atoms with van der Waals surface area (Å²) >= 11 is 12.8. The van der Waals surface area contributed by atoms with E-state index in [-0.39, 0.29) is 5.97 Å². The number of methoxy groups -OCH3 is 1. The van der Waals surface area contributed by atoms with Gasteiger partial charge in [0.15, 0.2) is 0 Å². The minimum Gasteiger partial charge on any atom is -0.468 e. The zero-order valence-corrected chi connectivity index (χ0v) is 26.9. The topological polar surface area (TPSA) is 48.0 Å². The number of carbonyl (C=O) groups is 1. The van der Waals surface area contributed by atoms with Crippen LogP contribution in [-0.4, -0.2) is 87.2 Å². The van der Waals surface area contributed by atoms with Gasteiger partial charge < -0.3 is 10.1 Å². The van der Waals surface area contributed by atoms with Crippen molar-refractivity contribution in [1.29, 1.82) is 0 Å². The summed E-state index contributed by atoms with van der Waals surface area (Å²) in [6.07, 6.45) is 7.44. The zero-order valence-electron chi connectivity index (χ0n) is 25.4. The smallest absolute Gasteiger partial charge is 0.319 e. The Bertz CT molecular complexity index is 1150. The largest absolute Gasteiger partial charge is 0.468 e. The lowest BCUT2D eigenvalue weighted by Gasteiger charge is -2.40. The molecule has 0 bridgehead atoms. The molecule has 3 aliphatic rings. The fourth-order valence-corrected chi connectivity index (χ4v) is 7.92. The van der Waals surface area contributed by atoms with E-state index in [1.807, 2.05) is 12.1 Å². The normalized spacial score (nSPS) is 20.7. The van der Waals surface area contributed by atoms with Crippen LogP contribution in [0.2, 0.25) is 10.0 Å². The van der Waals surface area contributed by atoms with Crippen molar-refractivity contribution in [2.45, 2.75) is 51.6 Å². The lowest BCUT2D eigenvalue weighted by atomic mass is 9.78. The molecule has 6 nitrogen and oxygen atoms in total.